The molecule has 4 rings (SSSR count). The van der Waals surface area contributed by atoms with Gasteiger partial charge in [0.1, 0.15) is 5.52 Å². The molecule has 3 unspecified atom stereocenters. The first-order valence-corrected chi connectivity index (χ1v) is 13.3. The van der Waals surface area contributed by atoms with Crippen molar-refractivity contribution in [1.82, 2.24) is 24.4 Å². The molecule has 37 heavy (non-hydrogen) atoms. The number of H-pyrrole nitrogens is 1. The van der Waals surface area contributed by atoms with E-state index in [0.717, 1.165) is 25.0 Å². The molecule has 9 nitrogen and oxygen atoms in total. The predicted octanol–water partition coefficient (Wildman–Crippen LogP) is 3.58. The van der Waals surface area contributed by atoms with Crippen molar-refractivity contribution >= 4 is 23.2 Å². The number of allylic oxidation sites excluding steroid dienone is 2. The normalized spacial score (nSPS) is 21.8. The number of likely N-dealkylation sites (tertiary alicyclic amines) is 1. The van der Waals surface area contributed by atoms with E-state index in [0.29, 0.717) is 36.7 Å². The van der Waals surface area contributed by atoms with E-state index in [-0.39, 0.29) is 23.6 Å². The summed E-state index contributed by atoms with van der Waals surface area (Å²) in [7, 11) is 0. The van der Waals surface area contributed by atoms with Crippen molar-refractivity contribution in [2.75, 3.05) is 32.0 Å². The van der Waals surface area contributed by atoms with Gasteiger partial charge in [-0.05, 0) is 52.6 Å². The number of nitrogens with two attached hydrogens (primary N) is 1. The Kier molecular flexibility index (Phi) is 8.49. The molecule has 3 N–H and O–H groups in total. The highest BCUT2D eigenvalue weighted by atomic mass is 16.5. The maximum atomic E-state index is 12.7. The average molecular weight is 506 g/mol. The van der Waals surface area contributed by atoms with Gasteiger partial charge in [0.15, 0.2) is 11.5 Å². The highest BCUT2D eigenvalue weighted by molar-refractivity contribution is 5.81. The monoisotopic (exact) mass is 505 g/mol. The number of nitrogens with one attached hydrogen (secondary N) is 1. The van der Waals surface area contributed by atoms with Crippen molar-refractivity contribution in [1.29, 1.82) is 0 Å². The smallest absolute Gasteiger partial charge is 0.328 e. The second-order valence-corrected chi connectivity index (χ2v) is 10.4. The summed E-state index contributed by atoms with van der Waals surface area (Å²) in [6, 6.07) is 0.0975. The summed E-state index contributed by atoms with van der Waals surface area (Å²) in [5.74, 6) is 3.52. The Labute approximate surface area is 218 Å². The Hall–Kier alpha value is -3.38. The molecule has 2 aromatic heterocycles. The van der Waals surface area contributed by atoms with Crippen LogP contribution in [0.15, 0.2) is 33.6 Å². The molecule has 2 aliphatic heterocycles. The van der Waals surface area contributed by atoms with Crippen molar-refractivity contribution in [2.45, 2.75) is 65.5 Å². The van der Waals surface area contributed by atoms with E-state index in [1.807, 2.05) is 6.92 Å². The minimum absolute atomic E-state index is 0.0810. The quantitative estimate of drug-likeness (QED) is 0.274. The number of hydrogen-bond acceptors (Lipinski definition) is 7. The lowest BCUT2D eigenvalue weighted by Gasteiger charge is -2.31. The van der Waals surface area contributed by atoms with E-state index in [9.17, 15) is 4.79 Å². The molecule has 0 bridgehead atoms. The largest absolute Gasteiger partial charge is 0.463 e. The van der Waals surface area contributed by atoms with Crippen LogP contribution in [0.5, 0.6) is 6.01 Å². The molecule has 0 saturated carbocycles. The van der Waals surface area contributed by atoms with Gasteiger partial charge in [-0.2, -0.15) is 9.97 Å². The summed E-state index contributed by atoms with van der Waals surface area (Å²) < 4.78 is 7.19. The van der Waals surface area contributed by atoms with Gasteiger partial charge in [0.25, 0.3) is 0 Å². The summed E-state index contributed by atoms with van der Waals surface area (Å²) in [4.78, 5) is 31.4. The van der Waals surface area contributed by atoms with E-state index in [1.54, 1.807) is 4.57 Å². The van der Waals surface area contributed by atoms with Gasteiger partial charge in [0.05, 0.1) is 18.1 Å². The third kappa shape index (κ3) is 6.31. The van der Waals surface area contributed by atoms with E-state index in [2.05, 4.69) is 64.1 Å². The van der Waals surface area contributed by atoms with E-state index in [4.69, 9.17) is 21.9 Å². The summed E-state index contributed by atoms with van der Waals surface area (Å²) in [5.41, 5.74) is 7.15. The van der Waals surface area contributed by atoms with Crippen molar-refractivity contribution in [3.63, 3.8) is 0 Å². The maximum Gasteiger partial charge on any atom is 0.328 e. The van der Waals surface area contributed by atoms with Gasteiger partial charge in [-0.15, -0.1) is 6.42 Å². The maximum absolute atomic E-state index is 12.7. The zero-order chi connectivity index (χ0) is 26.4. The Morgan fingerprint density at radius 3 is 2.81 bits per heavy atom. The zero-order valence-corrected chi connectivity index (χ0v) is 22.2. The lowest BCUT2D eigenvalue weighted by Crippen LogP contribution is -2.33. The van der Waals surface area contributed by atoms with Crippen LogP contribution in [-0.4, -0.2) is 62.9 Å². The molecule has 0 aromatic carbocycles. The average Bonchev–Trinajstić information content (AvgIpc) is 3.51. The number of aromatic nitrogens is 4. The highest BCUT2D eigenvalue weighted by Crippen LogP contribution is 2.32. The Bertz CT molecular complexity index is 1260. The molecule has 1 fully saturated rings. The van der Waals surface area contributed by atoms with Gasteiger partial charge in [0, 0.05) is 25.2 Å². The number of unbranched alkanes of at least 4 members (excludes halogenated alkanes) is 1. The molecule has 0 radical (unpaired) electrons. The summed E-state index contributed by atoms with van der Waals surface area (Å²) in [6.07, 6.45) is 19.7. The SMILES string of the molecule is C#CC(C)(CC=C(C)Cn1c(=O)[nH]c2c(N)nc(OCCCC)nc21)C1C=CC(CN2CCCC2)C=N1. The lowest BCUT2D eigenvalue weighted by atomic mass is 9.78. The number of nitrogens with zero attached hydrogens (tertiary/aromatic N) is 5. The number of fused-ring (bicyclic) bond motifs is 1. The first-order valence-electron chi connectivity index (χ1n) is 13.3. The summed E-state index contributed by atoms with van der Waals surface area (Å²) in [6.45, 7) is 10.4. The topological polar surface area (TPSA) is 114 Å². The molecule has 3 atom stereocenters. The Morgan fingerprint density at radius 1 is 1.35 bits per heavy atom. The van der Waals surface area contributed by atoms with Crippen molar-refractivity contribution in [3.8, 4) is 18.4 Å². The highest BCUT2D eigenvalue weighted by Gasteiger charge is 2.31. The molecule has 198 valence electrons. The molecular formula is C28H39N7O2. The van der Waals surface area contributed by atoms with Crippen LogP contribution in [0.1, 0.15) is 52.9 Å². The number of dihydropyridines is 1. The van der Waals surface area contributed by atoms with Crippen LogP contribution in [-0.2, 0) is 6.54 Å². The minimum atomic E-state index is -0.467. The number of hydrogen-bond donors (Lipinski definition) is 2. The van der Waals surface area contributed by atoms with Gasteiger partial charge >= 0.3 is 11.7 Å². The number of nitrogen functional groups attached to an aromatic ring is 1. The van der Waals surface area contributed by atoms with Crippen molar-refractivity contribution in [2.24, 2.45) is 16.3 Å². The van der Waals surface area contributed by atoms with Gasteiger partial charge in [0.2, 0.25) is 0 Å². The van der Waals surface area contributed by atoms with Gasteiger partial charge in [-0.25, -0.2) is 4.79 Å². The molecule has 2 aliphatic rings. The van der Waals surface area contributed by atoms with Crippen LogP contribution in [0.3, 0.4) is 0 Å². The summed E-state index contributed by atoms with van der Waals surface area (Å²) in [5, 5.41) is 0. The first kappa shape index (κ1) is 26.7. The predicted molar refractivity (Wildman–Crippen MR) is 149 cm³/mol. The fourth-order valence-electron chi connectivity index (χ4n) is 4.81. The molecular weight excluding hydrogens is 466 g/mol. The van der Waals surface area contributed by atoms with E-state index in [1.165, 1.54) is 25.9 Å². The van der Waals surface area contributed by atoms with Crippen LogP contribution < -0.4 is 16.2 Å². The van der Waals surface area contributed by atoms with Gasteiger partial charge < -0.3 is 20.4 Å². The standard InChI is InChI=1S/C28H39N7O2/c1-5-7-16-37-26-32-24(29)23-25(33-26)35(27(36)31-23)18-20(3)12-13-28(4,6-2)22-11-10-21(17-30-22)19-34-14-8-9-15-34/h2,10-12,17,21-22H,5,7-9,13-16,18-19H2,1,3-4H3,(H,31,36)(H2,29,32,33). The van der Waals surface area contributed by atoms with Crippen LogP contribution >= 0.6 is 0 Å². The molecule has 9 heteroatoms. The second kappa shape index (κ2) is 11.8. The molecule has 0 aliphatic carbocycles. The second-order valence-electron chi connectivity index (χ2n) is 10.4. The molecule has 0 amide bonds. The summed E-state index contributed by atoms with van der Waals surface area (Å²) >= 11 is 0. The Balaban J connectivity index is 1.44. The third-order valence-corrected chi connectivity index (χ3v) is 7.27. The fraction of sp³-hybridized carbons (Fsp3) is 0.571. The van der Waals surface area contributed by atoms with Crippen LogP contribution in [0.4, 0.5) is 5.82 Å². The molecule has 4 heterocycles. The van der Waals surface area contributed by atoms with Crippen LogP contribution in [0.2, 0.25) is 0 Å². The van der Waals surface area contributed by atoms with Crippen LogP contribution in [0, 0.1) is 23.7 Å². The molecule has 0 spiro atoms. The number of aromatic amines is 1. The zero-order valence-electron chi connectivity index (χ0n) is 22.2. The fourth-order valence-corrected chi connectivity index (χ4v) is 4.81. The number of ether oxygens (including phenoxy) is 1. The minimum Gasteiger partial charge on any atom is -0.463 e. The number of terminal acetylenes is 1. The number of rotatable bonds is 11. The number of imidazole rings is 1. The van der Waals surface area contributed by atoms with E-state index < -0.39 is 5.41 Å². The first-order chi connectivity index (χ1) is 17.8. The van der Waals surface area contributed by atoms with Crippen molar-refractivity contribution < 1.29 is 4.74 Å². The molecule has 1 saturated heterocycles. The number of anilines is 1. The number of aliphatic imine (C=N–C) groups is 1. The Morgan fingerprint density at radius 2 is 2.14 bits per heavy atom. The van der Waals surface area contributed by atoms with E-state index >= 15 is 0 Å². The van der Waals surface area contributed by atoms with Crippen LogP contribution in [0.25, 0.3) is 11.2 Å². The van der Waals surface area contributed by atoms with Gasteiger partial charge in [-0.3, -0.25) is 9.56 Å². The third-order valence-electron chi connectivity index (χ3n) is 7.27. The van der Waals surface area contributed by atoms with Crippen molar-refractivity contribution in [3.05, 3.63) is 34.3 Å². The molecule has 2 aromatic rings. The van der Waals surface area contributed by atoms with Gasteiger partial charge in [-0.1, -0.05) is 43.1 Å². The lowest BCUT2D eigenvalue weighted by molar-refractivity contribution is 0.286.